The second-order valence-corrected chi connectivity index (χ2v) is 10.2. The Morgan fingerprint density at radius 1 is 0.927 bits per heavy atom. The first-order chi connectivity index (χ1) is 20.0. The van der Waals surface area contributed by atoms with Crippen molar-refractivity contribution in [2.24, 2.45) is 0 Å². The lowest BCUT2D eigenvalue weighted by Gasteiger charge is -2.34. The average molecular weight is 563 g/mol. The molecule has 0 spiro atoms. The molecule has 1 aliphatic heterocycles. The lowest BCUT2D eigenvalue weighted by atomic mass is 10.0. The van der Waals surface area contributed by atoms with Gasteiger partial charge < -0.3 is 29.5 Å². The average Bonchev–Trinajstić information content (AvgIpc) is 2.98. The van der Waals surface area contributed by atoms with Crippen LogP contribution < -0.4 is 24.8 Å². The molecule has 0 amide bonds. The number of anilines is 2. The van der Waals surface area contributed by atoms with E-state index in [0.29, 0.717) is 73.3 Å². The highest BCUT2D eigenvalue weighted by molar-refractivity contribution is 5.93. The summed E-state index contributed by atoms with van der Waals surface area (Å²) >= 11 is 0. The number of piperidine rings is 1. The van der Waals surface area contributed by atoms with Gasteiger partial charge in [0.25, 0.3) is 5.56 Å². The van der Waals surface area contributed by atoms with Gasteiger partial charge in [-0.2, -0.15) is 4.98 Å². The normalized spacial score (nSPS) is 14.1. The summed E-state index contributed by atoms with van der Waals surface area (Å²) in [7, 11) is 0. The molecule has 11 heteroatoms. The van der Waals surface area contributed by atoms with Crippen molar-refractivity contribution in [2.45, 2.75) is 39.7 Å². The molecule has 2 aromatic carbocycles. The quantitative estimate of drug-likeness (QED) is 0.282. The summed E-state index contributed by atoms with van der Waals surface area (Å²) in [6, 6.07) is 9.58. The van der Waals surface area contributed by atoms with Gasteiger partial charge in [-0.1, -0.05) is 11.6 Å². The van der Waals surface area contributed by atoms with Gasteiger partial charge in [0.1, 0.15) is 5.82 Å². The van der Waals surface area contributed by atoms with Gasteiger partial charge in [0.05, 0.1) is 49.2 Å². The first-order valence-electron chi connectivity index (χ1n) is 14.3. The van der Waals surface area contributed by atoms with Crippen molar-refractivity contribution < 1.29 is 19.7 Å². The molecule has 5 rings (SSSR count). The number of aliphatic hydroxyl groups excluding tert-OH is 2. The van der Waals surface area contributed by atoms with E-state index in [1.807, 2.05) is 51.1 Å². The minimum Gasteiger partial charge on any atom is -0.490 e. The van der Waals surface area contributed by atoms with Crippen molar-refractivity contribution in [3.63, 3.8) is 0 Å². The number of ether oxygens (including phenoxy) is 2. The van der Waals surface area contributed by atoms with Crippen LogP contribution in [0.5, 0.6) is 11.5 Å². The summed E-state index contributed by atoms with van der Waals surface area (Å²) in [5.41, 5.74) is 2.41. The van der Waals surface area contributed by atoms with E-state index in [1.54, 1.807) is 15.8 Å². The summed E-state index contributed by atoms with van der Waals surface area (Å²) < 4.78 is 13.5. The van der Waals surface area contributed by atoms with Crippen molar-refractivity contribution in [3.8, 4) is 11.5 Å². The molecule has 0 bridgehead atoms. The minimum atomic E-state index is -0.0936. The number of hydrogen-bond acceptors (Lipinski definition) is 10. The third-order valence-corrected chi connectivity index (χ3v) is 7.45. The number of hydrogen-bond donors (Lipinski definition) is 2. The second kappa shape index (κ2) is 12.7. The number of aromatic nitrogens is 4. The summed E-state index contributed by atoms with van der Waals surface area (Å²) in [5.74, 6) is 2.40. The summed E-state index contributed by atoms with van der Waals surface area (Å²) in [6.45, 7) is 8.53. The Labute approximate surface area is 239 Å². The van der Waals surface area contributed by atoms with Gasteiger partial charge in [0.2, 0.25) is 5.95 Å². The van der Waals surface area contributed by atoms with E-state index in [0.717, 1.165) is 29.6 Å². The topological polar surface area (TPSA) is 126 Å². The van der Waals surface area contributed by atoms with Gasteiger partial charge in [0, 0.05) is 43.7 Å². The Hall–Kier alpha value is -3.96. The molecule has 0 saturated carbocycles. The van der Waals surface area contributed by atoms with E-state index in [9.17, 15) is 15.0 Å². The molecule has 41 heavy (non-hydrogen) atoms. The number of nitrogens with zero attached hydrogens (tertiary/aromatic N) is 6. The summed E-state index contributed by atoms with van der Waals surface area (Å²) in [4.78, 5) is 31.6. The molecule has 0 radical (unpaired) electrons. The Kier molecular flexibility index (Phi) is 8.84. The Morgan fingerprint density at radius 2 is 1.61 bits per heavy atom. The zero-order valence-electron chi connectivity index (χ0n) is 23.9. The lowest BCUT2D eigenvalue weighted by molar-refractivity contribution is 0.280. The van der Waals surface area contributed by atoms with Gasteiger partial charge in [0.15, 0.2) is 11.5 Å². The number of benzene rings is 2. The van der Waals surface area contributed by atoms with E-state index in [2.05, 4.69) is 9.88 Å². The Morgan fingerprint density at radius 3 is 2.27 bits per heavy atom. The molecule has 2 N–H and O–H groups in total. The van der Waals surface area contributed by atoms with Crippen molar-refractivity contribution in [1.29, 1.82) is 0 Å². The minimum absolute atomic E-state index is 0.0135. The predicted octanol–water partition coefficient (Wildman–Crippen LogP) is 3.08. The molecule has 2 aromatic heterocycles. The molecule has 4 aromatic rings. The van der Waals surface area contributed by atoms with E-state index < -0.39 is 0 Å². The van der Waals surface area contributed by atoms with Crippen LogP contribution in [0.15, 0.2) is 41.5 Å². The van der Waals surface area contributed by atoms with Crippen LogP contribution in [0.2, 0.25) is 0 Å². The zero-order valence-corrected chi connectivity index (χ0v) is 23.9. The lowest BCUT2D eigenvalue weighted by Crippen LogP contribution is -2.38. The first kappa shape index (κ1) is 28.6. The Bertz CT molecular complexity index is 1560. The SMILES string of the molecule is CCOc1cc2nc(N(CCO)CCO)nc(N3CCC(n4cnc5ccc(C)cc5c4=O)CC3)c2cc1OCC. The molecule has 1 saturated heterocycles. The number of aliphatic hydroxyl groups is 2. The monoisotopic (exact) mass is 562 g/mol. The third-order valence-electron chi connectivity index (χ3n) is 7.45. The van der Waals surface area contributed by atoms with Gasteiger partial charge >= 0.3 is 0 Å². The second-order valence-electron chi connectivity index (χ2n) is 10.2. The molecular formula is C30H38N6O5. The molecular weight excluding hydrogens is 524 g/mol. The standard InChI is InChI=1S/C30H38N6O5/c1-4-40-26-17-22-25(18-27(26)41-5-2)32-30(35(12-14-37)13-15-38)33-28(22)34-10-8-21(9-11-34)36-19-31-24-7-6-20(3)16-23(24)29(36)39/h6-7,16-19,21,37-38H,4-5,8-15H2,1-3H3. The van der Waals surface area contributed by atoms with Gasteiger partial charge in [-0.25, -0.2) is 9.97 Å². The highest BCUT2D eigenvalue weighted by atomic mass is 16.5. The van der Waals surface area contributed by atoms with Crippen molar-refractivity contribution in [3.05, 3.63) is 52.6 Å². The van der Waals surface area contributed by atoms with Crippen LogP contribution in [-0.2, 0) is 0 Å². The highest BCUT2D eigenvalue weighted by Crippen LogP contribution is 2.38. The maximum absolute atomic E-state index is 13.3. The predicted molar refractivity (Wildman–Crippen MR) is 159 cm³/mol. The van der Waals surface area contributed by atoms with E-state index in [-0.39, 0.29) is 24.8 Å². The maximum Gasteiger partial charge on any atom is 0.261 e. The fourth-order valence-electron chi connectivity index (χ4n) is 5.45. The molecule has 3 heterocycles. The van der Waals surface area contributed by atoms with E-state index in [1.165, 1.54) is 0 Å². The largest absolute Gasteiger partial charge is 0.490 e. The molecule has 11 nitrogen and oxygen atoms in total. The molecule has 0 unspecified atom stereocenters. The van der Waals surface area contributed by atoms with Crippen LogP contribution in [-0.4, -0.2) is 82.3 Å². The smallest absolute Gasteiger partial charge is 0.261 e. The molecule has 1 fully saturated rings. The van der Waals surface area contributed by atoms with E-state index in [4.69, 9.17) is 19.4 Å². The Balaban J connectivity index is 1.51. The van der Waals surface area contributed by atoms with Crippen molar-refractivity contribution in [1.82, 2.24) is 19.5 Å². The summed E-state index contributed by atoms with van der Waals surface area (Å²) in [6.07, 6.45) is 3.15. The van der Waals surface area contributed by atoms with Crippen LogP contribution in [0.25, 0.3) is 21.8 Å². The van der Waals surface area contributed by atoms with Crippen molar-refractivity contribution >= 4 is 33.6 Å². The summed E-state index contributed by atoms with van der Waals surface area (Å²) in [5, 5.41) is 20.8. The van der Waals surface area contributed by atoms with Crippen LogP contribution >= 0.6 is 0 Å². The molecule has 218 valence electrons. The fraction of sp³-hybridized carbons (Fsp3) is 0.467. The van der Waals surface area contributed by atoms with E-state index >= 15 is 0 Å². The first-order valence-corrected chi connectivity index (χ1v) is 14.3. The van der Waals surface area contributed by atoms with Gasteiger partial charge in [-0.05, 0) is 51.8 Å². The van der Waals surface area contributed by atoms with Crippen LogP contribution in [0.4, 0.5) is 11.8 Å². The van der Waals surface area contributed by atoms with Gasteiger partial charge in [-0.15, -0.1) is 0 Å². The maximum atomic E-state index is 13.3. The number of rotatable bonds is 11. The number of aryl methyl sites for hydroxylation is 1. The van der Waals surface area contributed by atoms with Gasteiger partial charge in [-0.3, -0.25) is 9.36 Å². The third kappa shape index (κ3) is 5.91. The van der Waals surface area contributed by atoms with Crippen molar-refractivity contribution in [2.75, 3.05) is 62.4 Å². The molecule has 0 aliphatic carbocycles. The fourth-order valence-corrected chi connectivity index (χ4v) is 5.45. The van der Waals surface area contributed by atoms with Crippen LogP contribution in [0.1, 0.15) is 38.3 Å². The highest BCUT2D eigenvalue weighted by Gasteiger charge is 2.26. The molecule has 1 aliphatic rings. The number of fused-ring (bicyclic) bond motifs is 2. The molecule has 0 atom stereocenters. The van der Waals surface area contributed by atoms with Crippen LogP contribution in [0, 0.1) is 6.92 Å². The van der Waals surface area contributed by atoms with Crippen LogP contribution in [0.3, 0.4) is 0 Å². The zero-order chi connectivity index (χ0) is 28.9.